The Labute approximate surface area is 85.7 Å². The van der Waals surface area contributed by atoms with Gasteiger partial charge in [0.2, 0.25) is 0 Å². The molecule has 14 heavy (non-hydrogen) atoms. The van der Waals surface area contributed by atoms with Gasteiger partial charge in [0, 0.05) is 6.04 Å². The maximum absolute atomic E-state index is 5.50. The van der Waals surface area contributed by atoms with Gasteiger partial charge in [-0.15, -0.1) is 0 Å². The minimum absolute atomic E-state index is 0.463. The van der Waals surface area contributed by atoms with E-state index in [1.807, 2.05) is 12.1 Å². The first-order valence-corrected chi connectivity index (χ1v) is 5.11. The normalized spacial score (nSPS) is 14.8. The first-order valence-electron chi connectivity index (χ1n) is 5.11. The predicted molar refractivity (Wildman–Crippen MR) is 61.2 cm³/mol. The van der Waals surface area contributed by atoms with Crippen LogP contribution in [0.15, 0.2) is 18.3 Å². The highest BCUT2D eigenvalue weighted by Gasteiger charge is 2.09. The average Bonchev–Trinajstić information content (AvgIpc) is 2.20. The molecule has 1 aromatic rings. The van der Waals surface area contributed by atoms with Crippen molar-refractivity contribution in [2.45, 2.75) is 33.2 Å². The predicted octanol–water partition coefficient (Wildman–Crippen LogP) is 2.51. The number of hydrogen-bond acceptors (Lipinski definition) is 3. The number of nitrogens with two attached hydrogens (primary N) is 1. The molecule has 0 saturated heterocycles. The summed E-state index contributed by atoms with van der Waals surface area (Å²) in [5.74, 6) is 1.22. The molecule has 0 bridgehead atoms. The van der Waals surface area contributed by atoms with E-state index in [-0.39, 0.29) is 0 Å². The van der Waals surface area contributed by atoms with Crippen LogP contribution in [0, 0.1) is 5.92 Å². The lowest BCUT2D eigenvalue weighted by molar-refractivity contribution is 0.494. The highest BCUT2D eigenvalue weighted by Crippen LogP contribution is 2.14. The molecule has 0 aliphatic rings. The summed E-state index contributed by atoms with van der Waals surface area (Å²) >= 11 is 0. The first-order chi connectivity index (χ1) is 6.63. The monoisotopic (exact) mass is 193 g/mol. The Hall–Kier alpha value is -1.25. The zero-order chi connectivity index (χ0) is 10.6. The quantitative estimate of drug-likeness (QED) is 0.772. The first kappa shape index (κ1) is 10.8. The van der Waals surface area contributed by atoms with Crippen molar-refractivity contribution < 1.29 is 0 Å². The molecule has 0 aliphatic heterocycles. The highest BCUT2D eigenvalue weighted by molar-refractivity contribution is 5.45. The summed E-state index contributed by atoms with van der Waals surface area (Å²) < 4.78 is 0. The van der Waals surface area contributed by atoms with Crippen LogP contribution < -0.4 is 11.1 Å². The minimum atomic E-state index is 0.463. The molecule has 0 saturated carbocycles. The number of hydrogen-bond donors (Lipinski definition) is 2. The third kappa shape index (κ3) is 2.91. The van der Waals surface area contributed by atoms with Gasteiger partial charge in [-0.25, -0.2) is 4.98 Å². The fraction of sp³-hybridized carbons (Fsp3) is 0.545. The van der Waals surface area contributed by atoms with Crippen molar-refractivity contribution in [3.05, 3.63) is 18.3 Å². The van der Waals surface area contributed by atoms with Gasteiger partial charge in [-0.05, 0) is 25.0 Å². The van der Waals surface area contributed by atoms with Crippen molar-refractivity contribution in [1.29, 1.82) is 0 Å². The van der Waals surface area contributed by atoms with Crippen LogP contribution in [0.5, 0.6) is 0 Å². The second kappa shape index (κ2) is 4.84. The standard InChI is InChI=1S/C11H19N3/c1-4-8(2)9(3)14-10-5-6-11(12)13-7-10/h5-9,14H,4H2,1-3H3,(H2,12,13). The fourth-order valence-electron chi connectivity index (χ4n) is 1.25. The molecule has 1 rings (SSSR count). The maximum atomic E-state index is 5.50. The Morgan fingerprint density at radius 1 is 1.43 bits per heavy atom. The molecule has 78 valence electrons. The van der Waals surface area contributed by atoms with Gasteiger partial charge in [0.05, 0.1) is 11.9 Å². The second-order valence-corrected chi connectivity index (χ2v) is 3.79. The van der Waals surface area contributed by atoms with Crippen LogP contribution in [0.25, 0.3) is 0 Å². The Balaban J connectivity index is 2.56. The second-order valence-electron chi connectivity index (χ2n) is 3.79. The van der Waals surface area contributed by atoms with Crippen molar-refractivity contribution in [2.24, 2.45) is 5.92 Å². The van der Waals surface area contributed by atoms with E-state index in [1.54, 1.807) is 6.20 Å². The third-order valence-corrected chi connectivity index (χ3v) is 2.68. The van der Waals surface area contributed by atoms with Crippen LogP contribution in [0.1, 0.15) is 27.2 Å². The molecule has 0 spiro atoms. The molecule has 0 fully saturated rings. The van der Waals surface area contributed by atoms with E-state index >= 15 is 0 Å². The number of anilines is 2. The summed E-state index contributed by atoms with van der Waals surface area (Å²) in [6.07, 6.45) is 2.95. The fourth-order valence-corrected chi connectivity index (χ4v) is 1.25. The summed E-state index contributed by atoms with van der Waals surface area (Å²) in [5, 5.41) is 3.40. The number of pyridine rings is 1. The van der Waals surface area contributed by atoms with Crippen LogP contribution in [0.3, 0.4) is 0 Å². The molecule has 0 radical (unpaired) electrons. The van der Waals surface area contributed by atoms with E-state index in [2.05, 4.69) is 31.1 Å². The molecule has 1 heterocycles. The minimum Gasteiger partial charge on any atom is -0.384 e. The number of aromatic nitrogens is 1. The zero-order valence-electron chi connectivity index (χ0n) is 9.12. The Morgan fingerprint density at radius 3 is 2.64 bits per heavy atom. The van der Waals surface area contributed by atoms with Gasteiger partial charge in [0.1, 0.15) is 5.82 Å². The molecule has 0 aliphatic carbocycles. The van der Waals surface area contributed by atoms with E-state index in [0.29, 0.717) is 17.8 Å². The van der Waals surface area contributed by atoms with Crippen molar-refractivity contribution in [2.75, 3.05) is 11.1 Å². The highest BCUT2D eigenvalue weighted by atomic mass is 14.9. The van der Waals surface area contributed by atoms with Gasteiger partial charge >= 0.3 is 0 Å². The van der Waals surface area contributed by atoms with Crippen LogP contribution in [-0.2, 0) is 0 Å². The van der Waals surface area contributed by atoms with E-state index in [9.17, 15) is 0 Å². The molecule has 3 nitrogen and oxygen atoms in total. The lowest BCUT2D eigenvalue weighted by atomic mass is 10.0. The van der Waals surface area contributed by atoms with Crippen LogP contribution in [0.4, 0.5) is 11.5 Å². The molecule has 3 heteroatoms. The molecule has 0 aromatic carbocycles. The molecule has 3 N–H and O–H groups in total. The van der Waals surface area contributed by atoms with Gasteiger partial charge in [-0.1, -0.05) is 20.3 Å². The summed E-state index contributed by atoms with van der Waals surface area (Å²) in [6.45, 7) is 6.62. The van der Waals surface area contributed by atoms with Gasteiger partial charge in [0.15, 0.2) is 0 Å². The van der Waals surface area contributed by atoms with E-state index < -0.39 is 0 Å². The van der Waals surface area contributed by atoms with Crippen LogP contribution in [-0.4, -0.2) is 11.0 Å². The largest absolute Gasteiger partial charge is 0.384 e. The van der Waals surface area contributed by atoms with E-state index in [0.717, 1.165) is 5.69 Å². The van der Waals surface area contributed by atoms with Gasteiger partial charge in [-0.2, -0.15) is 0 Å². The van der Waals surface area contributed by atoms with Gasteiger partial charge < -0.3 is 11.1 Å². The number of rotatable bonds is 4. The number of nitrogens with one attached hydrogen (secondary N) is 1. The maximum Gasteiger partial charge on any atom is 0.123 e. The molecular formula is C11H19N3. The van der Waals surface area contributed by atoms with Crippen molar-refractivity contribution in [1.82, 2.24) is 4.98 Å². The molecule has 0 amide bonds. The van der Waals surface area contributed by atoms with E-state index in [4.69, 9.17) is 5.73 Å². The molecule has 1 aromatic heterocycles. The third-order valence-electron chi connectivity index (χ3n) is 2.68. The SMILES string of the molecule is CCC(C)C(C)Nc1ccc(N)nc1. The average molecular weight is 193 g/mol. The number of nitrogens with zero attached hydrogens (tertiary/aromatic N) is 1. The van der Waals surface area contributed by atoms with E-state index in [1.165, 1.54) is 6.42 Å². The number of nitrogen functional groups attached to an aromatic ring is 1. The smallest absolute Gasteiger partial charge is 0.123 e. The summed E-state index contributed by atoms with van der Waals surface area (Å²) in [4.78, 5) is 4.03. The molecule has 2 unspecified atom stereocenters. The van der Waals surface area contributed by atoms with Gasteiger partial charge in [0.25, 0.3) is 0 Å². The van der Waals surface area contributed by atoms with Gasteiger partial charge in [-0.3, -0.25) is 0 Å². The summed E-state index contributed by atoms with van der Waals surface area (Å²) in [6, 6.07) is 4.23. The summed E-state index contributed by atoms with van der Waals surface area (Å²) in [5.41, 5.74) is 6.54. The zero-order valence-corrected chi connectivity index (χ0v) is 9.12. The van der Waals surface area contributed by atoms with Crippen molar-refractivity contribution in [3.8, 4) is 0 Å². The Bertz CT molecular complexity index is 268. The van der Waals surface area contributed by atoms with Crippen LogP contribution >= 0.6 is 0 Å². The molecule has 2 atom stereocenters. The van der Waals surface area contributed by atoms with Crippen molar-refractivity contribution >= 4 is 11.5 Å². The Morgan fingerprint density at radius 2 is 2.14 bits per heavy atom. The summed E-state index contributed by atoms with van der Waals surface area (Å²) in [7, 11) is 0. The van der Waals surface area contributed by atoms with Crippen LogP contribution in [0.2, 0.25) is 0 Å². The Kier molecular flexibility index (Phi) is 3.74. The lowest BCUT2D eigenvalue weighted by Gasteiger charge is -2.20. The van der Waals surface area contributed by atoms with Crippen molar-refractivity contribution in [3.63, 3.8) is 0 Å². The topological polar surface area (TPSA) is 50.9 Å². The molecular weight excluding hydrogens is 174 g/mol. The lowest BCUT2D eigenvalue weighted by Crippen LogP contribution is -2.23.